The van der Waals surface area contributed by atoms with Gasteiger partial charge in [0.2, 0.25) is 0 Å². The van der Waals surface area contributed by atoms with Crippen molar-refractivity contribution in [1.82, 2.24) is 0 Å². The van der Waals surface area contributed by atoms with E-state index in [-0.39, 0.29) is 5.54 Å². The first-order chi connectivity index (χ1) is 7.55. The molecule has 0 bridgehead atoms. The third-order valence-electron chi connectivity index (χ3n) is 2.69. The minimum atomic E-state index is -2.66. The molecule has 1 unspecified atom stereocenters. The number of hydrogen-bond acceptors (Lipinski definition) is 0. The largest absolute Gasteiger partial charge is 0.348 e. The van der Waals surface area contributed by atoms with Crippen LogP contribution in [0.15, 0.2) is 30.3 Å². The Bertz CT molecular complexity index is 295. The van der Waals surface area contributed by atoms with Gasteiger partial charge in [0.25, 0.3) is 0 Å². The molecule has 1 aromatic rings. The molecule has 0 fully saturated rings. The van der Waals surface area contributed by atoms with Gasteiger partial charge < -0.3 is 0 Å². The van der Waals surface area contributed by atoms with Gasteiger partial charge in [-0.15, -0.1) is 33.2 Å². The van der Waals surface area contributed by atoms with Crippen LogP contribution in [0.5, 0.6) is 0 Å². The maximum absolute atomic E-state index is 6.18. The van der Waals surface area contributed by atoms with E-state index in [4.69, 9.17) is 33.2 Å². The van der Waals surface area contributed by atoms with Gasteiger partial charge in [0.1, 0.15) is 0 Å². The van der Waals surface area contributed by atoms with Crippen LogP contribution in [0.2, 0.25) is 0 Å². The molecule has 0 radical (unpaired) electrons. The zero-order chi connectivity index (χ0) is 12.0. The summed E-state index contributed by atoms with van der Waals surface area (Å²) < 4.78 is 0. The van der Waals surface area contributed by atoms with Crippen molar-refractivity contribution in [2.75, 3.05) is 0 Å². The summed E-state index contributed by atoms with van der Waals surface area (Å²) in [6.07, 6.45) is 4.53. The molecule has 0 aromatic heterocycles. The predicted octanol–water partition coefficient (Wildman–Crippen LogP) is 5.55. The molecule has 0 N–H and O–H groups in total. The van der Waals surface area contributed by atoms with Crippen molar-refractivity contribution in [3.05, 3.63) is 35.9 Å². The van der Waals surface area contributed by atoms with Gasteiger partial charge in [-0.05, 0) is 12.0 Å². The molecule has 0 aliphatic heterocycles. The zero-order valence-electron chi connectivity index (χ0n) is 9.43. The van der Waals surface area contributed by atoms with Crippen LogP contribution in [0.1, 0.15) is 43.7 Å². The van der Waals surface area contributed by atoms with E-state index in [0.29, 0.717) is 0 Å². The molecule has 1 aromatic carbocycles. The summed E-state index contributed by atoms with van der Waals surface area (Å²) in [6.45, 7) is 2.18. The molecular formula is C12H17Cl3Si. The Balaban J connectivity index is 2.73. The molecular weight excluding hydrogens is 279 g/mol. The monoisotopic (exact) mass is 294 g/mol. The van der Waals surface area contributed by atoms with E-state index in [1.54, 1.807) is 0 Å². The lowest BCUT2D eigenvalue weighted by Gasteiger charge is -2.22. The Hall–Kier alpha value is 0.307. The summed E-state index contributed by atoms with van der Waals surface area (Å²) in [6, 6.07) is 7.47. The van der Waals surface area contributed by atoms with E-state index in [1.807, 2.05) is 18.2 Å². The summed E-state index contributed by atoms with van der Waals surface area (Å²) >= 11 is 18.5. The lowest BCUT2D eigenvalue weighted by atomic mass is 10.1. The summed E-state index contributed by atoms with van der Waals surface area (Å²) in [5.41, 5.74) is 1.30. The van der Waals surface area contributed by atoms with Crippen molar-refractivity contribution in [1.29, 1.82) is 0 Å². The molecule has 0 spiro atoms. The number of hydrogen-bond donors (Lipinski definition) is 0. The SMILES string of the molecule is CCCCCC(c1ccccc1)[Si](Cl)(Cl)Cl. The lowest BCUT2D eigenvalue weighted by Crippen LogP contribution is -2.23. The number of benzene rings is 1. The molecule has 0 saturated heterocycles. The van der Waals surface area contributed by atoms with Gasteiger partial charge in [-0.3, -0.25) is 0 Å². The fourth-order valence-corrected chi connectivity index (χ4v) is 5.02. The van der Waals surface area contributed by atoms with Gasteiger partial charge in [-0.25, -0.2) is 0 Å². The van der Waals surface area contributed by atoms with Crippen LogP contribution >= 0.6 is 33.2 Å². The minimum absolute atomic E-state index is 0.130. The van der Waals surface area contributed by atoms with Crippen LogP contribution < -0.4 is 0 Å². The van der Waals surface area contributed by atoms with Crippen molar-refractivity contribution >= 4 is 39.2 Å². The molecule has 0 aliphatic carbocycles. The standard InChI is InChI=1S/C12H17Cl3Si/c1-2-3-5-10-12(16(13,14)15)11-8-6-4-7-9-11/h4,6-9,12H,2-3,5,10H2,1H3. The molecule has 1 rings (SSSR count). The first-order valence-electron chi connectivity index (χ1n) is 5.67. The van der Waals surface area contributed by atoms with Gasteiger partial charge in [0.05, 0.1) is 0 Å². The highest BCUT2D eigenvalue weighted by Crippen LogP contribution is 2.39. The van der Waals surface area contributed by atoms with Crippen LogP contribution in [-0.2, 0) is 0 Å². The van der Waals surface area contributed by atoms with Crippen LogP contribution in [0.4, 0.5) is 0 Å². The summed E-state index contributed by atoms with van der Waals surface area (Å²) in [4.78, 5) is 0. The first kappa shape index (κ1) is 14.4. The maximum atomic E-state index is 6.18. The maximum Gasteiger partial charge on any atom is 0.348 e. The summed E-state index contributed by atoms with van der Waals surface area (Å²) in [5, 5.41) is 0. The van der Waals surface area contributed by atoms with E-state index in [2.05, 4.69) is 19.1 Å². The van der Waals surface area contributed by atoms with Crippen LogP contribution in [0.3, 0.4) is 0 Å². The second kappa shape index (κ2) is 6.90. The quantitative estimate of drug-likeness (QED) is 0.367. The fraction of sp³-hybridized carbons (Fsp3) is 0.500. The highest BCUT2D eigenvalue weighted by molar-refractivity contribution is 7.65. The van der Waals surface area contributed by atoms with E-state index in [9.17, 15) is 0 Å². The molecule has 0 heterocycles. The predicted molar refractivity (Wildman–Crippen MR) is 76.6 cm³/mol. The Morgan fingerprint density at radius 3 is 2.19 bits per heavy atom. The van der Waals surface area contributed by atoms with E-state index in [0.717, 1.165) is 12.8 Å². The first-order valence-corrected chi connectivity index (χ1v) is 10.8. The van der Waals surface area contributed by atoms with E-state index in [1.165, 1.54) is 18.4 Å². The third kappa shape index (κ3) is 4.66. The van der Waals surface area contributed by atoms with E-state index >= 15 is 0 Å². The number of halogens is 3. The van der Waals surface area contributed by atoms with Crippen molar-refractivity contribution in [3.8, 4) is 0 Å². The smallest absolute Gasteiger partial charge is 0.125 e. The minimum Gasteiger partial charge on any atom is -0.125 e. The molecule has 0 amide bonds. The topological polar surface area (TPSA) is 0 Å². The van der Waals surface area contributed by atoms with Crippen LogP contribution in [-0.4, -0.2) is 6.00 Å². The van der Waals surface area contributed by atoms with Gasteiger partial charge in [0, 0.05) is 5.54 Å². The number of unbranched alkanes of at least 4 members (excludes halogenated alkanes) is 2. The van der Waals surface area contributed by atoms with Gasteiger partial charge in [0.15, 0.2) is 0 Å². The Labute approximate surface area is 113 Å². The average molecular weight is 296 g/mol. The van der Waals surface area contributed by atoms with Crippen molar-refractivity contribution in [2.24, 2.45) is 0 Å². The van der Waals surface area contributed by atoms with Gasteiger partial charge >= 0.3 is 6.00 Å². The van der Waals surface area contributed by atoms with Gasteiger partial charge in [-0.1, -0.05) is 56.5 Å². The lowest BCUT2D eigenvalue weighted by molar-refractivity contribution is 0.651. The summed E-state index contributed by atoms with van der Waals surface area (Å²) in [5.74, 6) is 0. The highest BCUT2D eigenvalue weighted by atomic mass is 35.8. The molecule has 0 nitrogen and oxygen atoms in total. The molecule has 16 heavy (non-hydrogen) atoms. The zero-order valence-corrected chi connectivity index (χ0v) is 12.7. The molecule has 4 heteroatoms. The van der Waals surface area contributed by atoms with Gasteiger partial charge in [-0.2, -0.15) is 0 Å². The molecule has 1 atom stereocenters. The fourth-order valence-electron chi connectivity index (χ4n) is 1.80. The van der Waals surface area contributed by atoms with Crippen molar-refractivity contribution in [3.63, 3.8) is 0 Å². The Morgan fingerprint density at radius 1 is 1.06 bits per heavy atom. The van der Waals surface area contributed by atoms with Crippen molar-refractivity contribution in [2.45, 2.75) is 38.1 Å². The second-order valence-corrected chi connectivity index (χ2v) is 12.9. The second-order valence-electron chi connectivity index (χ2n) is 4.00. The highest BCUT2D eigenvalue weighted by Gasteiger charge is 2.37. The van der Waals surface area contributed by atoms with Crippen LogP contribution in [0, 0.1) is 0 Å². The van der Waals surface area contributed by atoms with E-state index < -0.39 is 6.00 Å². The normalized spacial score (nSPS) is 13.8. The van der Waals surface area contributed by atoms with Crippen LogP contribution in [0.25, 0.3) is 0 Å². The Kier molecular flexibility index (Phi) is 6.20. The third-order valence-corrected chi connectivity index (χ3v) is 6.48. The van der Waals surface area contributed by atoms with Crippen molar-refractivity contribution < 1.29 is 0 Å². The molecule has 0 saturated carbocycles. The summed E-state index contributed by atoms with van der Waals surface area (Å²) in [7, 11) is 0. The Morgan fingerprint density at radius 2 is 1.69 bits per heavy atom. The molecule has 0 aliphatic rings. The number of rotatable bonds is 6. The average Bonchev–Trinajstić information content (AvgIpc) is 2.24. The molecule has 90 valence electrons.